The number of amidine groups is 1. The van der Waals surface area contributed by atoms with Crippen molar-refractivity contribution in [2.75, 3.05) is 49.2 Å². The fourth-order valence-corrected chi connectivity index (χ4v) is 5.63. The molecule has 0 bridgehead atoms. The largest absolute Gasteiger partial charge is 0.469 e. The molecule has 186 valence electrons. The molecule has 0 radical (unpaired) electrons. The summed E-state index contributed by atoms with van der Waals surface area (Å²) < 4.78 is 58.7. The maximum Gasteiger partial charge on any atom is 0.469 e. The van der Waals surface area contributed by atoms with Crippen LogP contribution < -0.4 is 4.90 Å². The highest BCUT2D eigenvalue weighted by Crippen LogP contribution is 2.37. The second-order valence-corrected chi connectivity index (χ2v) is 12.2. The summed E-state index contributed by atoms with van der Waals surface area (Å²) >= 11 is 0. The van der Waals surface area contributed by atoms with Crippen LogP contribution in [0.4, 0.5) is 14.9 Å². The van der Waals surface area contributed by atoms with Gasteiger partial charge in [0.05, 0.1) is 36.9 Å². The van der Waals surface area contributed by atoms with Gasteiger partial charge in [-0.15, -0.1) is 0 Å². The number of nitrogens with zero attached hydrogens (tertiary/aromatic N) is 3. The van der Waals surface area contributed by atoms with Gasteiger partial charge in [-0.25, -0.2) is 22.2 Å². The highest BCUT2D eigenvalue weighted by atomic mass is 32.2. The van der Waals surface area contributed by atoms with Crippen LogP contribution in [0.3, 0.4) is 0 Å². The zero-order valence-corrected chi connectivity index (χ0v) is 20.0. The summed E-state index contributed by atoms with van der Waals surface area (Å²) in [7, 11) is -7.71. The molecule has 2 N–H and O–H groups in total. The zero-order valence-electron chi connectivity index (χ0n) is 18.3. The molecule has 1 aromatic carbocycles. The van der Waals surface area contributed by atoms with E-state index in [4.69, 9.17) is 14.5 Å². The topological polar surface area (TPSA) is 146 Å². The van der Waals surface area contributed by atoms with Crippen LogP contribution in [-0.4, -0.2) is 85.4 Å². The molecule has 14 heteroatoms. The maximum atomic E-state index is 15.1. The highest BCUT2D eigenvalue weighted by molar-refractivity contribution is 7.91. The summed E-state index contributed by atoms with van der Waals surface area (Å²) in [5, 5.41) is 0. The predicted octanol–water partition coefficient (Wildman–Crippen LogP) is 1.22. The number of dihydropyridines is 1. The molecule has 1 unspecified atom stereocenters. The van der Waals surface area contributed by atoms with Crippen molar-refractivity contribution in [1.82, 2.24) is 4.90 Å². The fourth-order valence-electron chi connectivity index (χ4n) is 4.07. The standard InChI is InChI=1S/C20H25FN3O8PS/c1-20(5-4-18(22-13-20)23-6-8-34(29,30)9-7-23)16-3-2-14(10-17(16)21)24-11-15(32-19(24)25)12-31-33(26,27)28/h2-5,10,15H,6-9,11-13H2,1H3,(H2,26,27,28)/t15-,20?/m1/s1. The van der Waals surface area contributed by atoms with E-state index in [0.29, 0.717) is 24.5 Å². The molecule has 0 saturated carbocycles. The lowest BCUT2D eigenvalue weighted by atomic mass is 9.80. The van der Waals surface area contributed by atoms with Crippen LogP contribution in [-0.2, 0) is 29.1 Å². The van der Waals surface area contributed by atoms with Gasteiger partial charge in [-0.2, -0.15) is 0 Å². The Morgan fingerprint density at radius 3 is 2.62 bits per heavy atom. The van der Waals surface area contributed by atoms with E-state index in [-0.39, 0.29) is 30.3 Å². The number of hydrogen-bond acceptors (Lipinski definition) is 8. The number of sulfone groups is 1. The summed E-state index contributed by atoms with van der Waals surface area (Å²) in [6.07, 6.45) is 1.95. The molecule has 2 fully saturated rings. The van der Waals surface area contributed by atoms with Gasteiger partial charge in [0.15, 0.2) is 9.84 Å². The summed E-state index contributed by atoms with van der Waals surface area (Å²) in [5.74, 6) is 0.291. The van der Waals surface area contributed by atoms with Crippen molar-refractivity contribution in [2.45, 2.75) is 18.4 Å². The number of carbonyl (C=O) groups excluding carboxylic acids is 1. The number of benzene rings is 1. The number of phosphoric ester groups is 1. The average Bonchev–Trinajstić information content (AvgIpc) is 3.13. The van der Waals surface area contributed by atoms with Crippen molar-refractivity contribution in [3.8, 4) is 0 Å². The lowest BCUT2D eigenvalue weighted by Crippen LogP contribution is -2.44. The van der Waals surface area contributed by atoms with Crippen LogP contribution in [0.5, 0.6) is 0 Å². The first-order valence-corrected chi connectivity index (χ1v) is 13.9. The Balaban J connectivity index is 1.43. The van der Waals surface area contributed by atoms with E-state index >= 15 is 4.39 Å². The van der Waals surface area contributed by atoms with Crippen molar-refractivity contribution in [3.63, 3.8) is 0 Å². The zero-order chi connectivity index (χ0) is 24.7. The predicted molar refractivity (Wildman–Crippen MR) is 121 cm³/mol. The molecule has 4 rings (SSSR count). The molecule has 3 aliphatic heterocycles. The minimum absolute atomic E-state index is 0.0476. The van der Waals surface area contributed by atoms with Gasteiger partial charge in [-0.1, -0.05) is 19.1 Å². The molecule has 0 aliphatic carbocycles. The lowest BCUT2D eigenvalue weighted by molar-refractivity contribution is 0.0880. The number of rotatable bonds is 5. The Morgan fingerprint density at radius 2 is 2.03 bits per heavy atom. The number of hydrogen-bond donors (Lipinski definition) is 2. The van der Waals surface area contributed by atoms with Crippen molar-refractivity contribution in [2.24, 2.45) is 4.99 Å². The van der Waals surface area contributed by atoms with E-state index in [2.05, 4.69) is 9.52 Å². The quantitative estimate of drug-likeness (QED) is 0.551. The maximum absolute atomic E-state index is 15.1. The average molecular weight is 517 g/mol. The number of aliphatic imine (C=N–C) groups is 1. The summed E-state index contributed by atoms with van der Waals surface area (Å²) in [5.41, 5.74) is -0.114. The summed E-state index contributed by atoms with van der Waals surface area (Å²) in [6, 6.07) is 4.34. The molecule has 11 nitrogen and oxygen atoms in total. The van der Waals surface area contributed by atoms with Crippen LogP contribution in [0.2, 0.25) is 0 Å². The second kappa shape index (κ2) is 9.04. The molecule has 1 aromatic rings. The van der Waals surface area contributed by atoms with Gasteiger partial charge in [0.25, 0.3) is 0 Å². The smallest absolute Gasteiger partial charge is 0.441 e. The summed E-state index contributed by atoms with van der Waals surface area (Å²) in [4.78, 5) is 37.4. The van der Waals surface area contributed by atoms with Crippen LogP contribution in [0.1, 0.15) is 12.5 Å². The number of cyclic esters (lactones) is 1. The van der Waals surface area contributed by atoms with E-state index < -0.39 is 47.7 Å². The number of halogens is 1. The van der Waals surface area contributed by atoms with Crippen LogP contribution in [0.15, 0.2) is 35.3 Å². The Labute approximate surface area is 196 Å². The number of phosphoric acid groups is 1. The van der Waals surface area contributed by atoms with E-state index in [1.165, 1.54) is 11.0 Å². The number of ether oxygens (including phenoxy) is 1. The Kier molecular flexibility index (Phi) is 6.60. The molecule has 2 atom stereocenters. The third-order valence-electron chi connectivity index (χ3n) is 6.02. The van der Waals surface area contributed by atoms with E-state index in [0.717, 1.165) is 0 Å². The van der Waals surface area contributed by atoms with Gasteiger partial charge in [0, 0.05) is 18.5 Å². The third kappa shape index (κ3) is 5.49. The first kappa shape index (κ1) is 24.8. The number of anilines is 1. The molecule has 0 spiro atoms. The molecular formula is C20H25FN3O8PS. The molecular weight excluding hydrogens is 492 g/mol. The van der Waals surface area contributed by atoms with Crippen molar-refractivity contribution < 1.29 is 41.2 Å². The van der Waals surface area contributed by atoms with Crippen molar-refractivity contribution in [1.29, 1.82) is 0 Å². The normalized spacial score (nSPS) is 27.0. The van der Waals surface area contributed by atoms with Gasteiger partial charge >= 0.3 is 13.9 Å². The minimum atomic E-state index is -4.70. The Morgan fingerprint density at radius 1 is 1.32 bits per heavy atom. The van der Waals surface area contributed by atoms with E-state index in [1.807, 2.05) is 17.9 Å². The van der Waals surface area contributed by atoms with E-state index in [1.54, 1.807) is 18.2 Å². The fraction of sp³-hybridized carbons (Fsp3) is 0.500. The number of carbonyl (C=O) groups is 1. The molecule has 0 aromatic heterocycles. The lowest BCUT2D eigenvalue weighted by Gasteiger charge is -2.34. The van der Waals surface area contributed by atoms with Crippen LogP contribution >= 0.6 is 7.82 Å². The Bertz CT molecular complexity index is 1190. The first-order valence-electron chi connectivity index (χ1n) is 10.5. The van der Waals surface area contributed by atoms with Gasteiger partial charge in [0.2, 0.25) is 0 Å². The molecule has 1 amide bonds. The number of amides is 1. The molecule has 2 saturated heterocycles. The molecule has 3 aliphatic rings. The van der Waals surface area contributed by atoms with Gasteiger partial charge in [-0.05, 0) is 23.8 Å². The van der Waals surface area contributed by atoms with Gasteiger partial charge < -0.3 is 19.4 Å². The monoisotopic (exact) mass is 517 g/mol. The van der Waals surface area contributed by atoms with Crippen molar-refractivity contribution in [3.05, 3.63) is 41.7 Å². The van der Waals surface area contributed by atoms with Gasteiger partial charge in [-0.3, -0.25) is 14.4 Å². The van der Waals surface area contributed by atoms with Crippen LogP contribution in [0.25, 0.3) is 0 Å². The second-order valence-electron chi connectivity index (χ2n) is 8.63. The van der Waals surface area contributed by atoms with Crippen LogP contribution in [0, 0.1) is 5.82 Å². The molecule has 3 heterocycles. The molecule has 34 heavy (non-hydrogen) atoms. The summed E-state index contributed by atoms with van der Waals surface area (Å²) in [6.45, 7) is 2.32. The highest BCUT2D eigenvalue weighted by Gasteiger charge is 2.36. The first-order chi connectivity index (χ1) is 15.9. The third-order valence-corrected chi connectivity index (χ3v) is 8.12. The minimum Gasteiger partial charge on any atom is -0.441 e. The van der Waals surface area contributed by atoms with E-state index in [9.17, 15) is 17.8 Å². The van der Waals surface area contributed by atoms with Crippen molar-refractivity contribution >= 4 is 35.3 Å². The SMILES string of the molecule is CC1(c2ccc(N3C[C@H](COP(=O)(O)O)OC3=O)cc2F)C=CC(N2CCS(=O)(=O)CC2)=NC1. The Hall–Kier alpha value is -2.31. The van der Waals surface area contributed by atoms with Gasteiger partial charge in [0.1, 0.15) is 17.8 Å².